The first kappa shape index (κ1) is 28.5. The van der Waals surface area contributed by atoms with Gasteiger partial charge in [0.25, 0.3) is 0 Å². The fraction of sp³-hybridized carbons (Fsp3) is 0.500. The minimum absolute atomic E-state index is 0.113. The van der Waals surface area contributed by atoms with E-state index >= 15 is 0 Å². The molecule has 0 bridgehead atoms. The first-order valence-corrected chi connectivity index (χ1v) is 14.7. The van der Waals surface area contributed by atoms with Gasteiger partial charge in [-0.05, 0) is 68.0 Å². The topological polar surface area (TPSA) is 96.0 Å². The van der Waals surface area contributed by atoms with Gasteiger partial charge in [-0.3, -0.25) is 13.9 Å². The van der Waals surface area contributed by atoms with Gasteiger partial charge in [0.1, 0.15) is 18.3 Å². The molecule has 1 N–H and O–H groups in total. The van der Waals surface area contributed by atoms with Crippen LogP contribution in [0.15, 0.2) is 42.5 Å². The fourth-order valence-electron chi connectivity index (χ4n) is 4.82. The molecule has 1 aliphatic rings. The quantitative estimate of drug-likeness (QED) is 0.476. The number of anilines is 1. The summed E-state index contributed by atoms with van der Waals surface area (Å²) in [6.45, 7) is 5.38. The summed E-state index contributed by atoms with van der Waals surface area (Å²) in [6.07, 6.45) is 5.53. The Morgan fingerprint density at radius 2 is 1.73 bits per heavy atom. The zero-order valence-electron chi connectivity index (χ0n) is 22.5. The molecule has 37 heavy (non-hydrogen) atoms. The van der Waals surface area contributed by atoms with Crippen LogP contribution < -0.4 is 14.4 Å². The average Bonchev–Trinajstić information content (AvgIpc) is 3.37. The lowest BCUT2D eigenvalue weighted by Gasteiger charge is -2.33. The standard InChI is InChI=1S/C28H39N3O5S/c1-6-25(28(33)29-23-11-7-8-12-23)30(18-22-14-16-24(36-4)17-15-22)27(32)19-31(37(5,34)35)26-13-9-10-20(2)21(26)3/h9-10,13-17,23,25H,6-8,11-12,18-19H2,1-5H3,(H,29,33)/t25-/m0/s1. The van der Waals surface area contributed by atoms with Crippen molar-refractivity contribution < 1.29 is 22.7 Å². The Morgan fingerprint density at radius 3 is 2.30 bits per heavy atom. The van der Waals surface area contributed by atoms with Gasteiger partial charge in [0.2, 0.25) is 21.8 Å². The summed E-state index contributed by atoms with van der Waals surface area (Å²) in [6, 6.07) is 12.1. The zero-order chi connectivity index (χ0) is 27.2. The predicted octanol–water partition coefficient (Wildman–Crippen LogP) is 3.94. The molecule has 0 unspecified atom stereocenters. The third-order valence-electron chi connectivity index (χ3n) is 7.12. The maximum absolute atomic E-state index is 13.9. The van der Waals surface area contributed by atoms with Crippen LogP contribution >= 0.6 is 0 Å². The Balaban J connectivity index is 1.95. The van der Waals surface area contributed by atoms with E-state index in [0.29, 0.717) is 17.9 Å². The first-order chi connectivity index (χ1) is 17.5. The molecule has 1 saturated carbocycles. The molecule has 0 aromatic heterocycles. The number of amides is 2. The van der Waals surface area contributed by atoms with Crippen LogP contribution in [0.1, 0.15) is 55.7 Å². The van der Waals surface area contributed by atoms with Crippen LogP contribution in [0.4, 0.5) is 5.69 Å². The number of rotatable bonds is 11. The number of hydrogen-bond acceptors (Lipinski definition) is 5. The fourth-order valence-corrected chi connectivity index (χ4v) is 5.72. The number of benzene rings is 2. The second-order valence-corrected chi connectivity index (χ2v) is 11.7. The molecule has 0 radical (unpaired) electrons. The van der Waals surface area contributed by atoms with Crippen LogP contribution in [0.25, 0.3) is 0 Å². The molecular formula is C28H39N3O5S. The van der Waals surface area contributed by atoms with E-state index in [1.807, 2.05) is 39.0 Å². The third-order valence-corrected chi connectivity index (χ3v) is 8.25. The van der Waals surface area contributed by atoms with Crippen LogP contribution in [0.2, 0.25) is 0 Å². The van der Waals surface area contributed by atoms with Crippen molar-refractivity contribution in [2.75, 3.05) is 24.2 Å². The van der Waals surface area contributed by atoms with Crippen LogP contribution in [-0.4, -0.2) is 57.1 Å². The number of hydrogen-bond donors (Lipinski definition) is 1. The van der Waals surface area contributed by atoms with Crippen molar-refractivity contribution in [2.24, 2.45) is 0 Å². The molecule has 0 aliphatic heterocycles. The van der Waals surface area contributed by atoms with Gasteiger partial charge in [0.15, 0.2) is 0 Å². The van der Waals surface area contributed by atoms with E-state index in [1.54, 1.807) is 31.4 Å². The normalized spacial score (nSPS) is 14.7. The maximum Gasteiger partial charge on any atom is 0.244 e. The van der Waals surface area contributed by atoms with E-state index in [9.17, 15) is 18.0 Å². The number of ether oxygens (including phenoxy) is 1. The monoisotopic (exact) mass is 529 g/mol. The van der Waals surface area contributed by atoms with Gasteiger partial charge in [-0.2, -0.15) is 0 Å². The average molecular weight is 530 g/mol. The molecule has 1 fully saturated rings. The van der Waals surface area contributed by atoms with E-state index in [-0.39, 0.29) is 18.5 Å². The van der Waals surface area contributed by atoms with E-state index in [1.165, 1.54) is 4.90 Å². The van der Waals surface area contributed by atoms with Gasteiger partial charge in [-0.15, -0.1) is 0 Å². The molecule has 1 atom stereocenters. The second-order valence-electron chi connectivity index (χ2n) is 9.77. The Morgan fingerprint density at radius 1 is 1.08 bits per heavy atom. The number of sulfonamides is 1. The SMILES string of the molecule is CC[C@@H](C(=O)NC1CCCC1)N(Cc1ccc(OC)cc1)C(=O)CN(c1cccc(C)c1C)S(C)(=O)=O. The Hall–Kier alpha value is -3.07. The van der Waals surface area contributed by atoms with Crippen molar-refractivity contribution in [3.05, 3.63) is 59.2 Å². The van der Waals surface area contributed by atoms with Crippen LogP contribution in [-0.2, 0) is 26.2 Å². The Bertz CT molecular complexity index is 1190. The molecule has 2 aromatic rings. The number of carbonyl (C=O) groups is 2. The molecule has 1 aliphatic carbocycles. The lowest BCUT2D eigenvalue weighted by Crippen LogP contribution is -2.53. The number of nitrogens with one attached hydrogen (secondary N) is 1. The summed E-state index contributed by atoms with van der Waals surface area (Å²) in [5.74, 6) is 0.0512. The molecule has 0 heterocycles. The molecule has 8 nitrogen and oxygen atoms in total. The highest BCUT2D eigenvalue weighted by Crippen LogP contribution is 2.26. The zero-order valence-corrected chi connectivity index (χ0v) is 23.3. The maximum atomic E-state index is 13.9. The van der Waals surface area contributed by atoms with Gasteiger partial charge in [-0.1, -0.05) is 44.0 Å². The number of carbonyl (C=O) groups excluding carboxylic acids is 2. The van der Waals surface area contributed by atoms with Gasteiger partial charge >= 0.3 is 0 Å². The number of nitrogens with zero attached hydrogens (tertiary/aromatic N) is 2. The molecule has 9 heteroatoms. The smallest absolute Gasteiger partial charge is 0.244 e. The van der Waals surface area contributed by atoms with E-state index < -0.39 is 28.5 Å². The molecular weight excluding hydrogens is 490 g/mol. The van der Waals surface area contributed by atoms with Gasteiger partial charge in [0, 0.05) is 12.6 Å². The second kappa shape index (κ2) is 12.4. The lowest BCUT2D eigenvalue weighted by atomic mass is 10.1. The highest BCUT2D eigenvalue weighted by molar-refractivity contribution is 7.92. The lowest BCUT2D eigenvalue weighted by molar-refractivity contribution is -0.140. The van der Waals surface area contributed by atoms with Crippen LogP contribution in [0.5, 0.6) is 5.75 Å². The van der Waals surface area contributed by atoms with Crippen molar-refractivity contribution in [1.29, 1.82) is 0 Å². The van der Waals surface area contributed by atoms with Crippen molar-refractivity contribution in [3.8, 4) is 5.75 Å². The molecule has 0 saturated heterocycles. The van der Waals surface area contributed by atoms with Crippen molar-refractivity contribution >= 4 is 27.5 Å². The van der Waals surface area contributed by atoms with E-state index in [4.69, 9.17) is 4.74 Å². The summed E-state index contributed by atoms with van der Waals surface area (Å²) in [4.78, 5) is 28.7. The largest absolute Gasteiger partial charge is 0.497 e. The minimum Gasteiger partial charge on any atom is -0.497 e. The Labute approximate surface area is 221 Å². The summed E-state index contributed by atoms with van der Waals surface area (Å²) in [7, 11) is -2.19. The van der Waals surface area contributed by atoms with Crippen molar-refractivity contribution in [1.82, 2.24) is 10.2 Å². The molecule has 2 amide bonds. The third kappa shape index (κ3) is 7.25. The number of aryl methyl sites for hydroxylation is 1. The summed E-state index contributed by atoms with van der Waals surface area (Å²) in [5, 5.41) is 3.12. The van der Waals surface area contributed by atoms with Crippen LogP contribution in [0.3, 0.4) is 0 Å². The van der Waals surface area contributed by atoms with E-state index in [2.05, 4.69) is 5.32 Å². The summed E-state index contributed by atoms with van der Waals surface area (Å²) in [5.41, 5.74) is 2.99. The highest BCUT2D eigenvalue weighted by Gasteiger charge is 2.33. The molecule has 0 spiro atoms. The minimum atomic E-state index is -3.77. The highest BCUT2D eigenvalue weighted by atomic mass is 32.2. The predicted molar refractivity (Wildman–Crippen MR) is 146 cm³/mol. The van der Waals surface area contributed by atoms with Crippen molar-refractivity contribution in [2.45, 2.75) is 71.5 Å². The molecule has 3 rings (SSSR count). The Kier molecular flexibility index (Phi) is 9.59. The first-order valence-electron chi connectivity index (χ1n) is 12.8. The summed E-state index contributed by atoms with van der Waals surface area (Å²) >= 11 is 0. The van der Waals surface area contributed by atoms with Gasteiger partial charge in [-0.25, -0.2) is 8.42 Å². The molecule has 2 aromatic carbocycles. The van der Waals surface area contributed by atoms with E-state index in [0.717, 1.165) is 52.9 Å². The van der Waals surface area contributed by atoms with Gasteiger partial charge in [0.05, 0.1) is 19.1 Å². The molecule has 202 valence electrons. The van der Waals surface area contributed by atoms with Crippen LogP contribution in [0, 0.1) is 13.8 Å². The van der Waals surface area contributed by atoms with Gasteiger partial charge < -0.3 is 15.0 Å². The summed E-state index contributed by atoms with van der Waals surface area (Å²) < 4.78 is 32.1. The number of methoxy groups -OCH3 is 1. The van der Waals surface area contributed by atoms with Crippen molar-refractivity contribution in [3.63, 3.8) is 0 Å².